The van der Waals surface area contributed by atoms with Gasteiger partial charge in [-0.3, -0.25) is 9.89 Å². The highest BCUT2D eigenvalue weighted by Crippen LogP contribution is 2.33. The van der Waals surface area contributed by atoms with E-state index >= 15 is 0 Å². The van der Waals surface area contributed by atoms with E-state index in [1.54, 1.807) is 0 Å². The Labute approximate surface area is 98.6 Å². The van der Waals surface area contributed by atoms with Gasteiger partial charge in [-0.1, -0.05) is 13.8 Å². The fourth-order valence-electron chi connectivity index (χ4n) is 2.19. The van der Waals surface area contributed by atoms with Crippen LogP contribution in [-0.2, 0) is 6.42 Å². The van der Waals surface area contributed by atoms with Crippen molar-refractivity contribution in [2.24, 2.45) is 5.92 Å². The summed E-state index contributed by atoms with van der Waals surface area (Å²) < 4.78 is 0. The minimum absolute atomic E-state index is 0.131. The highest BCUT2D eigenvalue weighted by molar-refractivity contribution is 5.82. The van der Waals surface area contributed by atoms with Crippen LogP contribution in [-0.4, -0.2) is 20.4 Å². The van der Waals surface area contributed by atoms with Gasteiger partial charge in [0.05, 0.1) is 11.1 Å². The molecule has 2 N–H and O–H groups in total. The average molecular weight is 232 g/mol. The van der Waals surface area contributed by atoms with Gasteiger partial charge in [-0.05, 0) is 31.1 Å². The summed E-state index contributed by atoms with van der Waals surface area (Å²) in [6.45, 7) is 4.10. The van der Waals surface area contributed by atoms with E-state index in [2.05, 4.69) is 34.2 Å². The first kappa shape index (κ1) is 10.5. The van der Waals surface area contributed by atoms with Gasteiger partial charge in [-0.25, -0.2) is 5.10 Å². The Balaban J connectivity index is 2.19. The van der Waals surface area contributed by atoms with Crippen LogP contribution in [0.2, 0.25) is 0 Å². The van der Waals surface area contributed by atoms with Crippen molar-refractivity contribution >= 4 is 10.9 Å². The van der Waals surface area contributed by atoms with Crippen LogP contribution in [0.3, 0.4) is 0 Å². The van der Waals surface area contributed by atoms with E-state index in [1.807, 2.05) is 0 Å². The van der Waals surface area contributed by atoms with Gasteiger partial charge in [0, 0.05) is 5.69 Å². The highest BCUT2D eigenvalue weighted by Gasteiger charge is 2.25. The molecule has 2 heterocycles. The Kier molecular flexibility index (Phi) is 2.28. The van der Waals surface area contributed by atoms with Crippen LogP contribution in [0.4, 0.5) is 0 Å². The second-order valence-electron chi connectivity index (χ2n) is 5.17. The van der Waals surface area contributed by atoms with Crippen LogP contribution in [0.1, 0.15) is 44.0 Å². The van der Waals surface area contributed by atoms with Crippen molar-refractivity contribution in [3.05, 3.63) is 21.7 Å². The monoisotopic (exact) mass is 232 g/mol. The zero-order chi connectivity index (χ0) is 12.0. The van der Waals surface area contributed by atoms with Crippen LogP contribution in [0.25, 0.3) is 10.9 Å². The van der Waals surface area contributed by atoms with Crippen molar-refractivity contribution in [1.82, 2.24) is 20.4 Å². The lowest BCUT2D eigenvalue weighted by atomic mass is 10.1. The molecule has 2 aromatic rings. The quantitative estimate of drug-likeness (QED) is 0.846. The van der Waals surface area contributed by atoms with Crippen LogP contribution >= 0.6 is 0 Å². The van der Waals surface area contributed by atoms with Crippen molar-refractivity contribution in [3.8, 4) is 0 Å². The summed E-state index contributed by atoms with van der Waals surface area (Å²) in [5.74, 6) is 0.986. The number of nitrogens with zero attached hydrogens (tertiary/aromatic N) is 2. The van der Waals surface area contributed by atoms with Gasteiger partial charge in [0.2, 0.25) is 0 Å². The average Bonchev–Trinajstić information content (AvgIpc) is 2.98. The lowest BCUT2D eigenvalue weighted by Crippen LogP contribution is -2.12. The Bertz CT molecular complexity index is 606. The largest absolute Gasteiger partial charge is 0.281 e. The first-order valence-electron chi connectivity index (χ1n) is 6.12. The summed E-state index contributed by atoms with van der Waals surface area (Å²) in [6.07, 6.45) is 3.46. The summed E-state index contributed by atoms with van der Waals surface area (Å²) in [7, 11) is 0. The molecule has 1 aliphatic carbocycles. The number of fused-ring (bicyclic) bond motifs is 1. The summed E-state index contributed by atoms with van der Waals surface area (Å²) in [5.41, 5.74) is 2.43. The van der Waals surface area contributed by atoms with E-state index < -0.39 is 0 Å². The van der Waals surface area contributed by atoms with E-state index in [-0.39, 0.29) is 11.5 Å². The Morgan fingerprint density at radius 3 is 2.71 bits per heavy atom. The minimum Gasteiger partial charge on any atom is -0.281 e. The van der Waals surface area contributed by atoms with Gasteiger partial charge < -0.3 is 0 Å². The zero-order valence-electron chi connectivity index (χ0n) is 10.1. The molecule has 2 aromatic heterocycles. The first-order chi connectivity index (χ1) is 8.16. The predicted molar refractivity (Wildman–Crippen MR) is 65.0 cm³/mol. The molecule has 0 aromatic carbocycles. The third-order valence-electron chi connectivity index (χ3n) is 3.33. The number of nitrogens with one attached hydrogen (secondary N) is 2. The Morgan fingerprint density at radius 2 is 2.06 bits per heavy atom. The molecule has 1 aliphatic rings. The van der Waals surface area contributed by atoms with E-state index in [0.29, 0.717) is 5.39 Å². The summed E-state index contributed by atoms with van der Waals surface area (Å²) in [4.78, 5) is 11.9. The molecule has 90 valence electrons. The summed E-state index contributed by atoms with van der Waals surface area (Å²) in [5, 5.41) is 14.7. The van der Waals surface area contributed by atoms with Crippen LogP contribution in [0.5, 0.6) is 0 Å². The molecule has 5 heteroatoms. The summed E-state index contributed by atoms with van der Waals surface area (Å²) in [6, 6.07) is 0. The van der Waals surface area contributed by atoms with E-state index in [1.165, 1.54) is 12.8 Å². The molecule has 1 saturated carbocycles. The maximum absolute atomic E-state index is 11.9. The highest BCUT2D eigenvalue weighted by atomic mass is 16.1. The number of rotatable bonds is 3. The SMILES string of the molecule is CC(C)c1n[nH]c(=O)c2c(CC3CC3)[nH]nc12. The van der Waals surface area contributed by atoms with E-state index in [4.69, 9.17) is 0 Å². The molecule has 0 atom stereocenters. The normalized spacial score (nSPS) is 15.9. The molecular formula is C12H16N4O. The number of hydrogen-bond donors (Lipinski definition) is 2. The minimum atomic E-state index is -0.131. The Morgan fingerprint density at radius 1 is 1.29 bits per heavy atom. The molecule has 5 nitrogen and oxygen atoms in total. The predicted octanol–water partition coefficient (Wildman–Crippen LogP) is 1.72. The maximum atomic E-state index is 11.9. The van der Waals surface area contributed by atoms with Gasteiger partial charge in [0.1, 0.15) is 5.52 Å². The fraction of sp³-hybridized carbons (Fsp3) is 0.583. The van der Waals surface area contributed by atoms with Gasteiger partial charge in [-0.15, -0.1) is 0 Å². The second kappa shape index (κ2) is 3.68. The maximum Gasteiger partial charge on any atom is 0.275 e. The first-order valence-corrected chi connectivity index (χ1v) is 6.12. The Hall–Kier alpha value is -1.65. The lowest BCUT2D eigenvalue weighted by Gasteiger charge is -2.03. The number of H-pyrrole nitrogens is 2. The molecule has 0 spiro atoms. The number of aromatic nitrogens is 4. The van der Waals surface area contributed by atoms with Gasteiger partial charge in [0.15, 0.2) is 0 Å². The number of aromatic amines is 2. The fourth-order valence-corrected chi connectivity index (χ4v) is 2.19. The molecule has 0 aliphatic heterocycles. The van der Waals surface area contributed by atoms with E-state index in [9.17, 15) is 4.79 Å². The van der Waals surface area contributed by atoms with Gasteiger partial charge in [-0.2, -0.15) is 10.2 Å². The molecule has 0 bridgehead atoms. The molecule has 0 saturated heterocycles. The molecule has 0 unspecified atom stereocenters. The molecular weight excluding hydrogens is 216 g/mol. The van der Waals surface area contributed by atoms with Crippen LogP contribution in [0, 0.1) is 5.92 Å². The van der Waals surface area contributed by atoms with Crippen molar-refractivity contribution in [3.63, 3.8) is 0 Å². The molecule has 17 heavy (non-hydrogen) atoms. The topological polar surface area (TPSA) is 74.4 Å². The van der Waals surface area contributed by atoms with E-state index in [0.717, 1.165) is 29.2 Å². The third-order valence-corrected chi connectivity index (χ3v) is 3.33. The second-order valence-corrected chi connectivity index (χ2v) is 5.17. The van der Waals surface area contributed by atoms with Crippen molar-refractivity contribution in [2.75, 3.05) is 0 Å². The number of hydrogen-bond acceptors (Lipinski definition) is 3. The van der Waals surface area contributed by atoms with Crippen molar-refractivity contribution < 1.29 is 0 Å². The smallest absolute Gasteiger partial charge is 0.275 e. The molecule has 3 rings (SSSR count). The zero-order valence-corrected chi connectivity index (χ0v) is 10.1. The summed E-state index contributed by atoms with van der Waals surface area (Å²) >= 11 is 0. The van der Waals surface area contributed by atoms with Crippen LogP contribution in [0.15, 0.2) is 4.79 Å². The van der Waals surface area contributed by atoms with Crippen LogP contribution < -0.4 is 5.56 Å². The molecule has 0 amide bonds. The van der Waals surface area contributed by atoms with Crippen molar-refractivity contribution in [1.29, 1.82) is 0 Å². The third kappa shape index (κ3) is 1.75. The van der Waals surface area contributed by atoms with Crippen molar-refractivity contribution in [2.45, 2.75) is 39.0 Å². The van der Waals surface area contributed by atoms with Gasteiger partial charge >= 0.3 is 0 Å². The van der Waals surface area contributed by atoms with Gasteiger partial charge in [0.25, 0.3) is 5.56 Å². The standard InChI is InChI=1S/C12H16N4O/c1-6(2)10-11-9(12(17)16-14-10)8(13-15-11)5-7-3-4-7/h6-7H,3-5H2,1-2H3,(H,13,15)(H,16,17). The lowest BCUT2D eigenvalue weighted by molar-refractivity contribution is 0.788. The molecule has 1 fully saturated rings. The molecule has 0 radical (unpaired) electrons.